The third-order valence-corrected chi connectivity index (χ3v) is 4.20. The summed E-state index contributed by atoms with van der Waals surface area (Å²) in [6, 6.07) is 1.48. The van der Waals surface area contributed by atoms with Gasteiger partial charge in [0.25, 0.3) is 0 Å². The molecule has 1 heterocycles. The van der Waals surface area contributed by atoms with Gasteiger partial charge in [0, 0.05) is 24.8 Å². The van der Waals surface area contributed by atoms with Crippen molar-refractivity contribution in [2.24, 2.45) is 11.7 Å². The van der Waals surface area contributed by atoms with E-state index in [1.165, 1.54) is 25.0 Å². The van der Waals surface area contributed by atoms with Crippen molar-refractivity contribution in [3.8, 4) is 0 Å². The number of rotatable bonds is 7. The van der Waals surface area contributed by atoms with Gasteiger partial charge in [-0.2, -0.15) is 0 Å². The van der Waals surface area contributed by atoms with E-state index in [9.17, 15) is 0 Å². The number of hydrogen-bond donors (Lipinski definition) is 1. The predicted molar refractivity (Wildman–Crippen MR) is 79.0 cm³/mol. The summed E-state index contributed by atoms with van der Waals surface area (Å²) in [6.45, 7) is 7.49. The Bertz CT molecular complexity index is 395. The first-order chi connectivity index (χ1) is 9.04. The smallest absolute Gasteiger partial charge is 0.0951 e. The summed E-state index contributed by atoms with van der Waals surface area (Å²) in [5.74, 6) is 0.712. The molecule has 0 saturated heterocycles. The molecule has 1 aliphatic carbocycles. The minimum absolute atomic E-state index is 0.275. The van der Waals surface area contributed by atoms with E-state index < -0.39 is 0 Å². The summed E-state index contributed by atoms with van der Waals surface area (Å²) >= 11 is 0. The van der Waals surface area contributed by atoms with E-state index in [1.807, 2.05) is 12.5 Å². The average molecular weight is 264 g/mol. The maximum absolute atomic E-state index is 6.04. The van der Waals surface area contributed by atoms with Crippen LogP contribution in [-0.4, -0.2) is 34.1 Å². The van der Waals surface area contributed by atoms with Crippen molar-refractivity contribution in [3.63, 3.8) is 0 Å². The Balaban J connectivity index is 2.11. The highest BCUT2D eigenvalue weighted by molar-refractivity contribution is 5.10. The van der Waals surface area contributed by atoms with Gasteiger partial charge in [-0.25, -0.2) is 4.98 Å². The van der Waals surface area contributed by atoms with Crippen molar-refractivity contribution in [2.45, 2.75) is 58.2 Å². The molecule has 0 amide bonds. The number of hydrogen-bond acceptors (Lipinski definition) is 3. The van der Waals surface area contributed by atoms with Gasteiger partial charge in [-0.15, -0.1) is 0 Å². The lowest BCUT2D eigenvalue weighted by Crippen LogP contribution is -2.38. The molecule has 108 valence electrons. The predicted octanol–water partition coefficient (Wildman–Crippen LogP) is 2.58. The molecule has 1 aliphatic rings. The number of imidazole rings is 1. The first kappa shape index (κ1) is 14.5. The standard InChI is InChI=1S/C15H28N4/c1-11(2)7-12(3)18(4)14(8-16)15-9-17-10-19(15)13-5-6-13/h9-14H,5-8,16H2,1-4H3. The summed E-state index contributed by atoms with van der Waals surface area (Å²) in [5, 5.41) is 0. The van der Waals surface area contributed by atoms with Crippen molar-refractivity contribution in [1.82, 2.24) is 14.5 Å². The lowest BCUT2D eigenvalue weighted by molar-refractivity contribution is 0.163. The molecule has 2 atom stereocenters. The van der Waals surface area contributed by atoms with Crippen molar-refractivity contribution in [1.29, 1.82) is 0 Å². The van der Waals surface area contributed by atoms with Crippen molar-refractivity contribution in [3.05, 3.63) is 18.2 Å². The Morgan fingerprint density at radius 2 is 2.11 bits per heavy atom. The number of nitrogens with zero attached hydrogens (tertiary/aromatic N) is 3. The fourth-order valence-electron chi connectivity index (χ4n) is 2.88. The van der Waals surface area contributed by atoms with Crippen LogP contribution in [0.25, 0.3) is 0 Å². The molecule has 1 aromatic heterocycles. The van der Waals surface area contributed by atoms with Gasteiger partial charge in [0.05, 0.1) is 18.1 Å². The molecular weight excluding hydrogens is 236 g/mol. The van der Waals surface area contributed by atoms with Crippen LogP contribution in [-0.2, 0) is 0 Å². The first-order valence-corrected chi connectivity index (χ1v) is 7.48. The van der Waals surface area contributed by atoms with E-state index in [1.54, 1.807) is 0 Å². The molecule has 4 heteroatoms. The Morgan fingerprint density at radius 1 is 1.42 bits per heavy atom. The number of nitrogens with two attached hydrogens (primary N) is 1. The lowest BCUT2D eigenvalue weighted by Gasteiger charge is -2.33. The molecule has 2 N–H and O–H groups in total. The zero-order valence-corrected chi connectivity index (χ0v) is 12.7. The van der Waals surface area contributed by atoms with Crippen LogP contribution >= 0.6 is 0 Å². The molecule has 0 spiro atoms. The van der Waals surface area contributed by atoms with E-state index in [0.717, 1.165) is 0 Å². The molecule has 2 unspecified atom stereocenters. The second-order valence-electron chi connectivity index (χ2n) is 6.35. The van der Waals surface area contributed by atoms with Crippen LogP contribution < -0.4 is 5.73 Å². The van der Waals surface area contributed by atoms with Crippen LogP contribution in [0.1, 0.15) is 57.8 Å². The molecule has 0 radical (unpaired) electrons. The Kier molecular flexibility index (Phi) is 4.63. The van der Waals surface area contributed by atoms with E-state index in [2.05, 4.69) is 42.3 Å². The molecule has 1 aromatic rings. The van der Waals surface area contributed by atoms with Crippen molar-refractivity contribution >= 4 is 0 Å². The van der Waals surface area contributed by atoms with Crippen LogP contribution in [0.5, 0.6) is 0 Å². The summed E-state index contributed by atoms with van der Waals surface area (Å²) in [7, 11) is 2.19. The highest BCUT2D eigenvalue weighted by Crippen LogP contribution is 2.37. The third kappa shape index (κ3) is 3.37. The van der Waals surface area contributed by atoms with Crippen LogP contribution in [0.15, 0.2) is 12.5 Å². The second kappa shape index (κ2) is 6.06. The molecular formula is C15H28N4. The van der Waals surface area contributed by atoms with Crippen molar-refractivity contribution in [2.75, 3.05) is 13.6 Å². The number of likely N-dealkylation sites (N-methyl/N-ethyl adjacent to an activating group) is 1. The molecule has 1 fully saturated rings. The first-order valence-electron chi connectivity index (χ1n) is 7.48. The Hall–Kier alpha value is -0.870. The SMILES string of the molecule is CC(C)CC(C)N(C)C(CN)c1cncn1C1CC1. The lowest BCUT2D eigenvalue weighted by atomic mass is 10.0. The Morgan fingerprint density at radius 3 is 2.63 bits per heavy atom. The maximum Gasteiger partial charge on any atom is 0.0951 e. The second-order valence-corrected chi connectivity index (χ2v) is 6.35. The minimum Gasteiger partial charge on any atom is -0.330 e. The zero-order chi connectivity index (χ0) is 14.0. The summed E-state index contributed by atoms with van der Waals surface area (Å²) in [4.78, 5) is 6.75. The quantitative estimate of drug-likeness (QED) is 0.823. The largest absolute Gasteiger partial charge is 0.330 e. The molecule has 1 saturated carbocycles. The highest BCUT2D eigenvalue weighted by Gasteiger charge is 2.30. The summed E-state index contributed by atoms with van der Waals surface area (Å²) in [5.41, 5.74) is 7.32. The molecule has 0 bridgehead atoms. The number of aromatic nitrogens is 2. The van der Waals surface area contributed by atoms with Gasteiger partial charge in [0.1, 0.15) is 0 Å². The molecule has 19 heavy (non-hydrogen) atoms. The van der Waals surface area contributed by atoms with E-state index in [0.29, 0.717) is 24.5 Å². The van der Waals surface area contributed by atoms with Crippen LogP contribution in [0.3, 0.4) is 0 Å². The highest BCUT2D eigenvalue weighted by atomic mass is 15.2. The van der Waals surface area contributed by atoms with Gasteiger partial charge >= 0.3 is 0 Å². The van der Waals surface area contributed by atoms with Crippen LogP contribution in [0.4, 0.5) is 0 Å². The normalized spacial score (nSPS) is 19.1. The maximum atomic E-state index is 6.04. The van der Waals surface area contributed by atoms with Gasteiger partial charge in [-0.1, -0.05) is 13.8 Å². The van der Waals surface area contributed by atoms with Gasteiger partial charge in [-0.05, 0) is 39.2 Å². The molecule has 4 nitrogen and oxygen atoms in total. The topological polar surface area (TPSA) is 47.1 Å². The van der Waals surface area contributed by atoms with E-state index >= 15 is 0 Å². The van der Waals surface area contributed by atoms with E-state index in [4.69, 9.17) is 5.73 Å². The third-order valence-electron chi connectivity index (χ3n) is 4.20. The molecule has 2 rings (SSSR count). The monoisotopic (exact) mass is 264 g/mol. The minimum atomic E-state index is 0.275. The van der Waals surface area contributed by atoms with Gasteiger partial charge in [0.15, 0.2) is 0 Å². The molecule has 0 aromatic carbocycles. The van der Waals surface area contributed by atoms with Crippen LogP contribution in [0, 0.1) is 5.92 Å². The summed E-state index contributed by atoms with van der Waals surface area (Å²) < 4.78 is 2.33. The summed E-state index contributed by atoms with van der Waals surface area (Å²) in [6.07, 6.45) is 7.73. The zero-order valence-electron chi connectivity index (χ0n) is 12.7. The van der Waals surface area contributed by atoms with Gasteiger partial charge < -0.3 is 10.3 Å². The van der Waals surface area contributed by atoms with E-state index in [-0.39, 0.29) is 6.04 Å². The Labute approximate surface area is 117 Å². The fourth-order valence-corrected chi connectivity index (χ4v) is 2.88. The van der Waals surface area contributed by atoms with Gasteiger partial charge in [-0.3, -0.25) is 4.90 Å². The molecule has 0 aliphatic heterocycles. The van der Waals surface area contributed by atoms with Crippen LogP contribution in [0.2, 0.25) is 0 Å². The fraction of sp³-hybridized carbons (Fsp3) is 0.800. The average Bonchev–Trinajstić information content (AvgIpc) is 3.09. The van der Waals surface area contributed by atoms with Gasteiger partial charge in [0.2, 0.25) is 0 Å². The van der Waals surface area contributed by atoms with Crippen molar-refractivity contribution < 1.29 is 0 Å².